The summed E-state index contributed by atoms with van der Waals surface area (Å²) < 4.78 is 5.84. The van der Waals surface area contributed by atoms with Crippen LogP contribution in [0.15, 0.2) is 18.3 Å². The summed E-state index contributed by atoms with van der Waals surface area (Å²) in [5.41, 5.74) is 0.666. The fourth-order valence-corrected chi connectivity index (χ4v) is 4.65. The van der Waals surface area contributed by atoms with Crippen molar-refractivity contribution in [1.82, 2.24) is 9.88 Å². The number of anilines is 1. The van der Waals surface area contributed by atoms with Gasteiger partial charge in [-0.1, -0.05) is 38.7 Å². The van der Waals surface area contributed by atoms with Crippen molar-refractivity contribution in [2.75, 3.05) is 18.0 Å². The van der Waals surface area contributed by atoms with Gasteiger partial charge < -0.3 is 4.74 Å². The molecule has 1 aromatic rings. The predicted molar refractivity (Wildman–Crippen MR) is 114 cm³/mol. The summed E-state index contributed by atoms with van der Waals surface area (Å²) in [5.74, 6) is 0.814. The monoisotopic (exact) mass is 387 g/mol. The maximum absolute atomic E-state index is 13.3. The largest absolute Gasteiger partial charge is 0.443 e. The summed E-state index contributed by atoms with van der Waals surface area (Å²) in [5, 5.41) is 0. The van der Waals surface area contributed by atoms with E-state index >= 15 is 0 Å². The summed E-state index contributed by atoms with van der Waals surface area (Å²) in [7, 11) is 0. The lowest BCUT2D eigenvalue weighted by molar-refractivity contribution is 0.0555. The second-order valence-electron chi connectivity index (χ2n) is 9.20. The van der Waals surface area contributed by atoms with Gasteiger partial charge in [-0.05, 0) is 65.6 Å². The Balaban J connectivity index is 1.98. The predicted octanol–water partition coefficient (Wildman–Crippen LogP) is 5.70. The standard InChI is InChI=1S/C23H37N3O2/c1-5-25-17-10-9-15-20(25)19-14-11-16-24-21(19)26(18-12-7-6-8-13-18)22(27)28-23(2,3)4/h11,14,16,18,20H,5-10,12-13,15,17H2,1-4H3/t20-/m1/s1. The number of ether oxygens (including phenoxy) is 1. The van der Waals surface area contributed by atoms with Gasteiger partial charge in [-0.2, -0.15) is 0 Å². The van der Waals surface area contributed by atoms with E-state index in [1.807, 2.05) is 37.9 Å². The summed E-state index contributed by atoms with van der Waals surface area (Å²) in [6.45, 7) is 10.2. The molecular weight excluding hydrogens is 350 g/mol. The average Bonchev–Trinajstić information content (AvgIpc) is 2.68. The quantitative estimate of drug-likeness (QED) is 0.664. The summed E-state index contributed by atoms with van der Waals surface area (Å²) in [4.78, 5) is 22.5. The Bertz CT molecular complexity index is 649. The highest BCUT2D eigenvalue weighted by Gasteiger charge is 2.35. The van der Waals surface area contributed by atoms with E-state index < -0.39 is 5.60 Å². The summed E-state index contributed by atoms with van der Waals surface area (Å²) in [6.07, 6.45) is 10.8. The zero-order valence-electron chi connectivity index (χ0n) is 18.1. The molecular formula is C23H37N3O2. The van der Waals surface area contributed by atoms with E-state index in [1.54, 1.807) is 0 Å². The minimum atomic E-state index is -0.515. The Kier molecular flexibility index (Phi) is 6.97. The van der Waals surface area contributed by atoms with Crippen LogP contribution in [0.4, 0.5) is 10.6 Å². The number of rotatable bonds is 4. The Morgan fingerprint density at radius 1 is 1.18 bits per heavy atom. The molecule has 0 N–H and O–H groups in total. The molecule has 0 radical (unpaired) electrons. The van der Waals surface area contributed by atoms with E-state index in [1.165, 1.54) is 24.8 Å². The lowest BCUT2D eigenvalue weighted by atomic mass is 9.92. The van der Waals surface area contributed by atoms with E-state index in [-0.39, 0.29) is 12.1 Å². The second-order valence-corrected chi connectivity index (χ2v) is 9.20. The molecule has 0 unspecified atom stereocenters. The minimum Gasteiger partial charge on any atom is -0.443 e. The molecule has 1 saturated carbocycles. The van der Waals surface area contributed by atoms with Crippen LogP contribution in [0.3, 0.4) is 0 Å². The Hall–Kier alpha value is -1.62. The molecule has 1 saturated heterocycles. The molecule has 156 valence electrons. The van der Waals surface area contributed by atoms with E-state index in [9.17, 15) is 4.79 Å². The summed E-state index contributed by atoms with van der Waals surface area (Å²) >= 11 is 0. The fourth-order valence-electron chi connectivity index (χ4n) is 4.65. The molecule has 1 aromatic heterocycles. The van der Waals surface area contributed by atoms with Gasteiger partial charge in [-0.15, -0.1) is 0 Å². The van der Waals surface area contributed by atoms with Gasteiger partial charge in [0.25, 0.3) is 0 Å². The van der Waals surface area contributed by atoms with Crippen LogP contribution in [0.1, 0.15) is 90.7 Å². The van der Waals surface area contributed by atoms with Crippen molar-refractivity contribution in [3.63, 3.8) is 0 Å². The Morgan fingerprint density at radius 2 is 1.89 bits per heavy atom. The molecule has 2 fully saturated rings. The first-order valence-electron chi connectivity index (χ1n) is 11.1. The first kappa shape index (κ1) is 21.1. The van der Waals surface area contributed by atoms with E-state index in [2.05, 4.69) is 17.9 Å². The third-order valence-corrected chi connectivity index (χ3v) is 5.95. The number of piperidine rings is 1. The van der Waals surface area contributed by atoms with Gasteiger partial charge in [0.1, 0.15) is 11.4 Å². The molecule has 0 bridgehead atoms. The van der Waals surface area contributed by atoms with Crippen molar-refractivity contribution in [2.45, 2.75) is 96.7 Å². The second kappa shape index (κ2) is 9.25. The van der Waals surface area contributed by atoms with Gasteiger partial charge in [0.15, 0.2) is 0 Å². The van der Waals surface area contributed by atoms with Crippen LogP contribution < -0.4 is 4.90 Å². The third-order valence-electron chi connectivity index (χ3n) is 5.95. The van der Waals surface area contributed by atoms with E-state index in [0.717, 1.165) is 51.0 Å². The lowest BCUT2D eigenvalue weighted by Crippen LogP contribution is -2.46. The number of aromatic nitrogens is 1. The van der Waals surface area contributed by atoms with Gasteiger partial charge in [0, 0.05) is 23.8 Å². The highest BCUT2D eigenvalue weighted by Crippen LogP contribution is 2.38. The van der Waals surface area contributed by atoms with Crippen LogP contribution in [-0.4, -0.2) is 40.7 Å². The molecule has 5 heteroatoms. The number of amides is 1. The van der Waals surface area contributed by atoms with Gasteiger partial charge >= 0.3 is 6.09 Å². The van der Waals surface area contributed by atoms with Gasteiger partial charge in [-0.25, -0.2) is 9.78 Å². The number of likely N-dealkylation sites (tertiary alicyclic amines) is 1. The summed E-state index contributed by atoms with van der Waals surface area (Å²) in [6, 6.07) is 4.68. The molecule has 1 atom stereocenters. The zero-order chi connectivity index (χ0) is 20.1. The number of pyridine rings is 1. The first-order chi connectivity index (χ1) is 13.4. The van der Waals surface area contributed by atoms with Gasteiger partial charge in [0.05, 0.1) is 0 Å². The maximum Gasteiger partial charge on any atom is 0.416 e. The Morgan fingerprint density at radius 3 is 2.57 bits per heavy atom. The Labute approximate surface area is 170 Å². The van der Waals surface area contributed by atoms with Crippen molar-refractivity contribution < 1.29 is 9.53 Å². The normalized spacial score (nSPS) is 22.1. The van der Waals surface area contributed by atoms with Crippen LogP contribution in [0, 0.1) is 0 Å². The highest BCUT2D eigenvalue weighted by atomic mass is 16.6. The number of nitrogens with zero attached hydrogens (tertiary/aromatic N) is 3. The molecule has 0 aromatic carbocycles. The number of carbonyl (C=O) groups excluding carboxylic acids is 1. The zero-order valence-corrected chi connectivity index (χ0v) is 18.1. The first-order valence-corrected chi connectivity index (χ1v) is 11.1. The lowest BCUT2D eigenvalue weighted by Gasteiger charge is -2.39. The van der Waals surface area contributed by atoms with Crippen molar-refractivity contribution in [1.29, 1.82) is 0 Å². The number of hydrogen-bond acceptors (Lipinski definition) is 4. The molecule has 0 spiro atoms. The SMILES string of the molecule is CCN1CCCC[C@@H]1c1cccnc1N(C(=O)OC(C)(C)C)C1CCCCC1. The number of carbonyl (C=O) groups is 1. The van der Waals surface area contributed by atoms with Crippen LogP contribution in [-0.2, 0) is 4.74 Å². The fraction of sp³-hybridized carbons (Fsp3) is 0.739. The van der Waals surface area contributed by atoms with Crippen molar-refractivity contribution in [3.8, 4) is 0 Å². The molecule has 2 heterocycles. The van der Waals surface area contributed by atoms with Gasteiger partial charge in [-0.3, -0.25) is 9.80 Å². The molecule has 3 rings (SSSR count). The molecule has 1 aliphatic carbocycles. The van der Waals surface area contributed by atoms with E-state index in [0.29, 0.717) is 6.04 Å². The van der Waals surface area contributed by atoms with Crippen LogP contribution in [0.2, 0.25) is 0 Å². The van der Waals surface area contributed by atoms with E-state index in [4.69, 9.17) is 9.72 Å². The molecule has 1 amide bonds. The van der Waals surface area contributed by atoms with Crippen LogP contribution >= 0.6 is 0 Å². The van der Waals surface area contributed by atoms with Gasteiger partial charge in [0.2, 0.25) is 0 Å². The third kappa shape index (κ3) is 5.05. The molecule has 1 aliphatic heterocycles. The number of hydrogen-bond donors (Lipinski definition) is 0. The van der Waals surface area contributed by atoms with Crippen LogP contribution in [0.5, 0.6) is 0 Å². The van der Waals surface area contributed by atoms with Crippen molar-refractivity contribution >= 4 is 11.9 Å². The van der Waals surface area contributed by atoms with Crippen molar-refractivity contribution in [3.05, 3.63) is 23.9 Å². The maximum atomic E-state index is 13.3. The average molecular weight is 388 g/mol. The molecule has 5 nitrogen and oxygen atoms in total. The minimum absolute atomic E-state index is 0.177. The smallest absolute Gasteiger partial charge is 0.416 e. The van der Waals surface area contributed by atoms with Crippen LogP contribution in [0.25, 0.3) is 0 Å². The van der Waals surface area contributed by atoms with Crippen molar-refractivity contribution in [2.24, 2.45) is 0 Å². The molecule has 2 aliphatic rings. The topological polar surface area (TPSA) is 45.7 Å². The highest BCUT2D eigenvalue weighted by molar-refractivity contribution is 5.88. The molecule has 28 heavy (non-hydrogen) atoms.